The average molecular weight is 479 g/mol. The highest BCUT2D eigenvalue weighted by Crippen LogP contribution is 2.35. The molecule has 29 heavy (non-hydrogen) atoms. The first kappa shape index (κ1) is 21.0. The van der Waals surface area contributed by atoms with Gasteiger partial charge in [-0.1, -0.05) is 6.07 Å². The fraction of sp³-hybridized carbons (Fsp3) is 0.263. The number of thiophene rings is 1. The van der Waals surface area contributed by atoms with Crippen molar-refractivity contribution in [3.8, 4) is 0 Å². The van der Waals surface area contributed by atoms with Crippen LogP contribution in [0.3, 0.4) is 0 Å². The summed E-state index contributed by atoms with van der Waals surface area (Å²) in [7, 11) is 0. The van der Waals surface area contributed by atoms with Crippen LogP contribution in [0.15, 0.2) is 40.2 Å². The van der Waals surface area contributed by atoms with Gasteiger partial charge in [0.15, 0.2) is 5.54 Å². The number of urea groups is 1. The van der Waals surface area contributed by atoms with Crippen molar-refractivity contribution in [3.05, 3.63) is 50.6 Å². The maximum Gasteiger partial charge on any atom is 0.325 e. The predicted molar refractivity (Wildman–Crippen MR) is 113 cm³/mol. The van der Waals surface area contributed by atoms with Gasteiger partial charge in [-0.15, -0.1) is 11.3 Å². The molecule has 0 aliphatic carbocycles. The molecule has 0 saturated carbocycles. The zero-order valence-corrected chi connectivity index (χ0v) is 18.1. The van der Waals surface area contributed by atoms with Crippen LogP contribution in [0.25, 0.3) is 0 Å². The summed E-state index contributed by atoms with van der Waals surface area (Å²) in [6.07, 6.45) is 0. The summed E-state index contributed by atoms with van der Waals surface area (Å²) in [5.41, 5.74) is -0.419. The molecule has 1 fully saturated rings. The molecule has 1 aliphatic rings. The molecule has 0 bridgehead atoms. The molecule has 1 saturated heterocycles. The number of benzene rings is 1. The van der Waals surface area contributed by atoms with E-state index in [1.165, 1.54) is 17.4 Å². The molecular formula is C19H19BrN4O4S. The third-order valence-corrected chi connectivity index (χ3v) is 6.23. The number of hydrogen-bond acceptors (Lipinski definition) is 5. The van der Waals surface area contributed by atoms with Crippen molar-refractivity contribution in [2.75, 3.05) is 18.4 Å². The number of hydrogen-bond donors (Lipinski definition) is 3. The summed E-state index contributed by atoms with van der Waals surface area (Å²) in [5, 5.41) is 7.96. The van der Waals surface area contributed by atoms with Gasteiger partial charge in [0.2, 0.25) is 5.91 Å². The second kappa shape index (κ2) is 8.34. The molecule has 152 valence electrons. The quantitative estimate of drug-likeness (QED) is 0.554. The van der Waals surface area contributed by atoms with E-state index < -0.39 is 29.9 Å². The number of anilines is 1. The van der Waals surface area contributed by atoms with Crippen molar-refractivity contribution in [3.63, 3.8) is 0 Å². The van der Waals surface area contributed by atoms with Crippen molar-refractivity contribution in [2.24, 2.45) is 0 Å². The zero-order chi connectivity index (χ0) is 21.2. The van der Waals surface area contributed by atoms with E-state index in [0.29, 0.717) is 22.7 Å². The Labute approximate surface area is 179 Å². The number of nitrogens with one attached hydrogen (secondary N) is 3. The van der Waals surface area contributed by atoms with Crippen molar-refractivity contribution in [2.45, 2.75) is 19.4 Å². The molecule has 5 amide bonds. The lowest BCUT2D eigenvalue weighted by atomic mass is 10.0. The minimum Gasteiger partial charge on any atom is -0.352 e. The van der Waals surface area contributed by atoms with Gasteiger partial charge in [-0.05, 0) is 60.1 Å². The second-order valence-corrected chi connectivity index (χ2v) is 9.00. The Kier molecular flexibility index (Phi) is 6.04. The fourth-order valence-corrected chi connectivity index (χ4v) is 4.42. The molecule has 2 heterocycles. The van der Waals surface area contributed by atoms with Gasteiger partial charge in [-0.3, -0.25) is 19.3 Å². The molecule has 1 aliphatic heterocycles. The Balaban J connectivity index is 1.70. The molecular weight excluding hydrogens is 460 g/mol. The zero-order valence-electron chi connectivity index (χ0n) is 15.7. The van der Waals surface area contributed by atoms with Gasteiger partial charge in [0.05, 0.1) is 3.79 Å². The molecule has 3 rings (SSSR count). The van der Waals surface area contributed by atoms with Crippen LogP contribution in [0.2, 0.25) is 0 Å². The highest BCUT2D eigenvalue weighted by Gasteiger charge is 2.50. The first-order valence-electron chi connectivity index (χ1n) is 8.82. The number of halogens is 1. The Bertz CT molecular complexity index is 992. The summed E-state index contributed by atoms with van der Waals surface area (Å²) in [5.74, 6) is -1.29. The van der Waals surface area contributed by atoms with Crippen LogP contribution >= 0.6 is 27.3 Å². The van der Waals surface area contributed by atoms with Crippen LogP contribution in [0.5, 0.6) is 0 Å². The summed E-state index contributed by atoms with van der Waals surface area (Å²) < 4.78 is 0.832. The van der Waals surface area contributed by atoms with Gasteiger partial charge in [0.25, 0.3) is 11.8 Å². The molecule has 10 heteroatoms. The molecule has 8 nitrogen and oxygen atoms in total. The van der Waals surface area contributed by atoms with Gasteiger partial charge in [0, 0.05) is 22.7 Å². The first-order valence-corrected chi connectivity index (χ1v) is 10.4. The third-order valence-electron chi connectivity index (χ3n) is 4.39. The van der Waals surface area contributed by atoms with Gasteiger partial charge >= 0.3 is 6.03 Å². The highest BCUT2D eigenvalue weighted by atomic mass is 79.9. The normalized spacial score (nSPS) is 18.5. The van der Waals surface area contributed by atoms with Gasteiger partial charge < -0.3 is 16.0 Å². The largest absolute Gasteiger partial charge is 0.352 e. The van der Waals surface area contributed by atoms with Crippen LogP contribution in [-0.4, -0.2) is 41.7 Å². The average Bonchev–Trinajstić information content (AvgIpc) is 3.20. The van der Waals surface area contributed by atoms with Gasteiger partial charge in [-0.2, -0.15) is 0 Å². The predicted octanol–water partition coefficient (Wildman–Crippen LogP) is 2.67. The van der Waals surface area contributed by atoms with Crippen LogP contribution in [0.1, 0.15) is 29.1 Å². The lowest BCUT2D eigenvalue weighted by molar-refractivity contribution is -0.133. The highest BCUT2D eigenvalue weighted by molar-refractivity contribution is 9.11. The van der Waals surface area contributed by atoms with Crippen molar-refractivity contribution >= 4 is 56.7 Å². The number of nitrogens with zero attached hydrogens (tertiary/aromatic N) is 1. The van der Waals surface area contributed by atoms with E-state index in [1.807, 2.05) is 6.92 Å². The molecule has 1 aromatic carbocycles. The topological polar surface area (TPSA) is 108 Å². The third kappa shape index (κ3) is 4.33. The number of carbonyl (C=O) groups is 4. The van der Waals surface area contributed by atoms with E-state index in [1.54, 1.807) is 37.3 Å². The standard InChI is InChI=1S/C19H19BrN4O4S/c1-3-21-16(26)11-5-4-6-12(9-11)22-15(25)10-24-17(27)19(2,23-18(24)28)13-7-8-14(20)29-13/h4-9H,3,10H2,1-2H3,(H,21,26)(H,22,25)(H,23,28). The number of carbonyl (C=O) groups excluding carboxylic acids is 4. The van der Waals surface area contributed by atoms with Gasteiger partial charge in [0.1, 0.15) is 6.54 Å². The monoisotopic (exact) mass is 478 g/mol. The molecule has 0 radical (unpaired) electrons. The number of imide groups is 1. The van der Waals surface area contributed by atoms with E-state index in [4.69, 9.17) is 0 Å². The molecule has 1 aromatic heterocycles. The lowest BCUT2D eigenvalue weighted by Crippen LogP contribution is -2.41. The molecule has 0 spiro atoms. The minimum atomic E-state index is -1.22. The van der Waals surface area contributed by atoms with Crippen LogP contribution in [0, 0.1) is 0 Å². The number of amides is 5. The Morgan fingerprint density at radius 3 is 2.66 bits per heavy atom. The second-order valence-electron chi connectivity index (χ2n) is 6.54. The Morgan fingerprint density at radius 2 is 2.00 bits per heavy atom. The maximum atomic E-state index is 12.9. The van der Waals surface area contributed by atoms with E-state index in [9.17, 15) is 19.2 Å². The molecule has 1 unspecified atom stereocenters. The van der Waals surface area contributed by atoms with E-state index in [2.05, 4.69) is 31.9 Å². The molecule has 2 aromatic rings. The maximum absolute atomic E-state index is 12.9. The van der Waals surface area contributed by atoms with Gasteiger partial charge in [-0.25, -0.2) is 4.79 Å². The van der Waals surface area contributed by atoms with E-state index in [-0.39, 0.29) is 5.91 Å². The molecule has 3 N–H and O–H groups in total. The van der Waals surface area contributed by atoms with Crippen molar-refractivity contribution < 1.29 is 19.2 Å². The SMILES string of the molecule is CCNC(=O)c1cccc(NC(=O)CN2C(=O)NC(C)(c3ccc(Br)s3)C2=O)c1. The van der Waals surface area contributed by atoms with Crippen LogP contribution < -0.4 is 16.0 Å². The van der Waals surface area contributed by atoms with E-state index in [0.717, 1.165) is 8.69 Å². The Hall–Kier alpha value is -2.72. The smallest absolute Gasteiger partial charge is 0.325 e. The van der Waals surface area contributed by atoms with E-state index >= 15 is 0 Å². The van der Waals surface area contributed by atoms with Crippen LogP contribution in [0.4, 0.5) is 10.5 Å². The Morgan fingerprint density at radius 1 is 1.24 bits per heavy atom. The lowest BCUT2D eigenvalue weighted by Gasteiger charge is -2.20. The molecule has 1 atom stereocenters. The van der Waals surface area contributed by atoms with Crippen LogP contribution in [-0.2, 0) is 15.1 Å². The summed E-state index contributed by atoms with van der Waals surface area (Å²) in [6, 6.07) is 9.34. The van der Waals surface area contributed by atoms with Crippen molar-refractivity contribution in [1.82, 2.24) is 15.5 Å². The number of rotatable bonds is 6. The first-order chi connectivity index (χ1) is 13.7. The summed E-state index contributed by atoms with van der Waals surface area (Å²) in [4.78, 5) is 51.1. The minimum absolute atomic E-state index is 0.254. The summed E-state index contributed by atoms with van der Waals surface area (Å²) in [6.45, 7) is 3.48. The van der Waals surface area contributed by atoms with Crippen molar-refractivity contribution in [1.29, 1.82) is 0 Å². The summed E-state index contributed by atoms with van der Waals surface area (Å²) >= 11 is 4.68. The fourth-order valence-electron chi connectivity index (χ4n) is 2.94.